The lowest BCUT2D eigenvalue weighted by atomic mass is 10.2. The van der Waals surface area contributed by atoms with Crippen LogP contribution < -0.4 is 0 Å². The molecule has 0 aromatic carbocycles. The molecule has 0 aromatic rings. The molecule has 0 aliphatic carbocycles. The SMILES string of the molecule is CC(C)N(C)CCCCN1CCCN2CCCC2C1. The van der Waals surface area contributed by atoms with Crippen molar-refractivity contribution in [3.05, 3.63) is 0 Å². The molecule has 0 radical (unpaired) electrons. The Labute approximate surface area is 119 Å². The summed E-state index contributed by atoms with van der Waals surface area (Å²) in [5, 5.41) is 0. The zero-order chi connectivity index (χ0) is 13.7. The van der Waals surface area contributed by atoms with Crippen molar-refractivity contribution in [2.75, 3.05) is 46.3 Å². The van der Waals surface area contributed by atoms with Gasteiger partial charge in [-0.25, -0.2) is 0 Å². The molecule has 0 N–H and O–H groups in total. The van der Waals surface area contributed by atoms with Gasteiger partial charge >= 0.3 is 0 Å². The third kappa shape index (κ3) is 4.73. The fraction of sp³-hybridized carbons (Fsp3) is 1.00. The van der Waals surface area contributed by atoms with Crippen LogP contribution in [0.25, 0.3) is 0 Å². The lowest BCUT2D eigenvalue weighted by Gasteiger charge is -2.26. The molecule has 1 atom stereocenters. The van der Waals surface area contributed by atoms with E-state index in [1.807, 2.05) is 0 Å². The van der Waals surface area contributed by atoms with Gasteiger partial charge in [-0.2, -0.15) is 0 Å². The van der Waals surface area contributed by atoms with Crippen LogP contribution in [0.15, 0.2) is 0 Å². The highest BCUT2D eigenvalue weighted by Crippen LogP contribution is 2.21. The van der Waals surface area contributed by atoms with E-state index < -0.39 is 0 Å². The number of hydrogen-bond donors (Lipinski definition) is 0. The van der Waals surface area contributed by atoms with Crippen molar-refractivity contribution in [1.82, 2.24) is 14.7 Å². The van der Waals surface area contributed by atoms with Gasteiger partial charge in [0.25, 0.3) is 0 Å². The zero-order valence-electron chi connectivity index (χ0n) is 13.3. The first-order chi connectivity index (χ1) is 9.16. The summed E-state index contributed by atoms with van der Waals surface area (Å²) in [7, 11) is 2.24. The first-order valence-electron chi connectivity index (χ1n) is 8.33. The Morgan fingerprint density at radius 1 is 1.11 bits per heavy atom. The Morgan fingerprint density at radius 3 is 2.68 bits per heavy atom. The molecule has 0 saturated carbocycles. The average Bonchev–Trinajstić information content (AvgIpc) is 2.72. The van der Waals surface area contributed by atoms with Crippen molar-refractivity contribution >= 4 is 0 Å². The monoisotopic (exact) mass is 267 g/mol. The van der Waals surface area contributed by atoms with Crippen molar-refractivity contribution in [3.8, 4) is 0 Å². The van der Waals surface area contributed by atoms with Crippen molar-refractivity contribution in [1.29, 1.82) is 0 Å². The van der Waals surface area contributed by atoms with Crippen LogP contribution in [0.5, 0.6) is 0 Å². The maximum absolute atomic E-state index is 2.73. The highest BCUT2D eigenvalue weighted by molar-refractivity contribution is 4.84. The minimum atomic E-state index is 0.685. The highest BCUT2D eigenvalue weighted by atomic mass is 15.3. The molecule has 0 spiro atoms. The summed E-state index contributed by atoms with van der Waals surface area (Å²) in [4.78, 5) is 7.92. The zero-order valence-corrected chi connectivity index (χ0v) is 13.3. The molecule has 112 valence electrons. The van der Waals surface area contributed by atoms with Gasteiger partial charge in [-0.05, 0) is 85.7 Å². The standard InChI is InChI=1S/C16H33N3/c1-15(2)17(3)9-4-5-10-18-11-7-13-19-12-6-8-16(19)14-18/h15-16H,4-14H2,1-3H3. The summed E-state index contributed by atoms with van der Waals surface area (Å²) in [6.45, 7) is 12.5. The lowest BCUT2D eigenvalue weighted by molar-refractivity contribution is 0.211. The Morgan fingerprint density at radius 2 is 1.89 bits per heavy atom. The number of nitrogens with zero attached hydrogens (tertiary/aromatic N) is 3. The number of fused-ring (bicyclic) bond motifs is 1. The van der Waals surface area contributed by atoms with Gasteiger partial charge in [0.05, 0.1) is 0 Å². The van der Waals surface area contributed by atoms with Gasteiger partial charge in [-0.3, -0.25) is 4.90 Å². The van der Waals surface area contributed by atoms with Crippen molar-refractivity contribution < 1.29 is 0 Å². The maximum Gasteiger partial charge on any atom is 0.0223 e. The minimum Gasteiger partial charge on any atom is -0.304 e. The number of unbranched alkanes of at least 4 members (excludes halogenated alkanes) is 1. The third-order valence-electron chi connectivity index (χ3n) is 5.00. The van der Waals surface area contributed by atoms with Gasteiger partial charge in [0.1, 0.15) is 0 Å². The molecule has 2 rings (SSSR count). The fourth-order valence-corrected chi connectivity index (χ4v) is 3.44. The van der Waals surface area contributed by atoms with E-state index in [0.717, 1.165) is 6.04 Å². The predicted molar refractivity (Wildman–Crippen MR) is 82.7 cm³/mol. The molecule has 2 fully saturated rings. The van der Waals surface area contributed by atoms with E-state index in [1.54, 1.807) is 0 Å². The molecule has 0 bridgehead atoms. The van der Waals surface area contributed by atoms with Gasteiger partial charge in [-0.15, -0.1) is 0 Å². The normalized spacial score (nSPS) is 26.1. The van der Waals surface area contributed by atoms with Crippen LogP contribution in [0.2, 0.25) is 0 Å². The summed E-state index contributed by atoms with van der Waals surface area (Å²) in [6.07, 6.45) is 6.95. The third-order valence-corrected chi connectivity index (χ3v) is 5.00. The Hall–Kier alpha value is -0.120. The Balaban J connectivity index is 1.62. The van der Waals surface area contributed by atoms with E-state index in [-0.39, 0.29) is 0 Å². The number of hydrogen-bond acceptors (Lipinski definition) is 3. The second-order valence-corrected chi connectivity index (χ2v) is 6.77. The van der Waals surface area contributed by atoms with Crippen LogP contribution in [-0.2, 0) is 0 Å². The average molecular weight is 267 g/mol. The molecule has 2 aliphatic rings. The molecule has 3 nitrogen and oxygen atoms in total. The first kappa shape index (κ1) is 15.3. The Kier molecular flexibility index (Phi) is 6.11. The van der Waals surface area contributed by atoms with Gasteiger partial charge < -0.3 is 9.80 Å². The van der Waals surface area contributed by atoms with Crippen LogP contribution in [0, 0.1) is 0 Å². The summed E-state index contributed by atoms with van der Waals surface area (Å²) in [6, 6.07) is 1.56. The van der Waals surface area contributed by atoms with E-state index in [0.29, 0.717) is 6.04 Å². The van der Waals surface area contributed by atoms with Crippen molar-refractivity contribution in [2.24, 2.45) is 0 Å². The molecule has 19 heavy (non-hydrogen) atoms. The van der Waals surface area contributed by atoms with Crippen molar-refractivity contribution in [3.63, 3.8) is 0 Å². The van der Waals surface area contributed by atoms with Crippen LogP contribution in [-0.4, -0.2) is 73.1 Å². The van der Waals surface area contributed by atoms with Gasteiger partial charge in [-0.1, -0.05) is 0 Å². The Bertz CT molecular complexity index is 254. The molecule has 2 aliphatic heterocycles. The second-order valence-electron chi connectivity index (χ2n) is 6.77. The van der Waals surface area contributed by atoms with Crippen molar-refractivity contribution in [2.45, 2.75) is 58.0 Å². The molecule has 0 aromatic heterocycles. The van der Waals surface area contributed by atoms with E-state index in [1.165, 1.54) is 71.4 Å². The van der Waals surface area contributed by atoms with Gasteiger partial charge in [0.2, 0.25) is 0 Å². The molecule has 1 unspecified atom stereocenters. The minimum absolute atomic E-state index is 0.685. The molecule has 0 amide bonds. The summed E-state index contributed by atoms with van der Waals surface area (Å²) >= 11 is 0. The summed E-state index contributed by atoms with van der Waals surface area (Å²) in [5.74, 6) is 0. The molecule has 3 heteroatoms. The van der Waals surface area contributed by atoms with Gasteiger partial charge in [0, 0.05) is 18.6 Å². The second kappa shape index (κ2) is 7.61. The topological polar surface area (TPSA) is 9.72 Å². The van der Waals surface area contributed by atoms with E-state index in [4.69, 9.17) is 0 Å². The van der Waals surface area contributed by atoms with Crippen LogP contribution in [0.3, 0.4) is 0 Å². The maximum atomic E-state index is 2.73. The van der Waals surface area contributed by atoms with Crippen LogP contribution in [0.1, 0.15) is 46.0 Å². The van der Waals surface area contributed by atoms with Crippen LogP contribution in [0.4, 0.5) is 0 Å². The molecular weight excluding hydrogens is 234 g/mol. The quantitative estimate of drug-likeness (QED) is 0.684. The fourth-order valence-electron chi connectivity index (χ4n) is 3.44. The predicted octanol–water partition coefficient (Wildman–Crippen LogP) is 2.28. The van der Waals surface area contributed by atoms with E-state index in [2.05, 4.69) is 35.6 Å². The number of rotatable bonds is 6. The smallest absolute Gasteiger partial charge is 0.0223 e. The first-order valence-corrected chi connectivity index (χ1v) is 8.33. The van der Waals surface area contributed by atoms with Crippen LogP contribution >= 0.6 is 0 Å². The lowest BCUT2D eigenvalue weighted by Crippen LogP contribution is -2.37. The van der Waals surface area contributed by atoms with E-state index >= 15 is 0 Å². The van der Waals surface area contributed by atoms with Gasteiger partial charge in [0.15, 0.2) is 0 Å². The molecular formula is C16H33N3. The largest absolute Gasteiger partial charge is 0.304 e. The summed E-state index contributed by atoms with van der Waals surface area (Å²) in [5.41, 5.74) is 0. The molecule has 2 saturated heterocycles. The van der Waals surface area contributed by atoms with E-state index in [9.17, 15) is 0 Å². The highest BCUT2D eigenvalue weighted by Gasteiger charge is 2.28. The molecule has 2 heterocycles. The summed E-state index contributed by atoms with van der Waals surface area (Å²) < 4.78 is 0.